The van der Waals surface area contributed by atoms with Crippen molar-refractivity contribution in [2.75, 3.05) is 30.4 Å². The maximum absolute atomic E-state index is 13.2. The van der Waals surface area contributed by atoms with Gasteiger partial charge in [0.25, 0.3) is 0 Å². The number of halogens is 1. The first kappa shape index (κ1) is 19.8. The Morgan fingerprint density at radius 3 is 2.04 bits per heavy atom. The Labute approximate surface area is 142 Å². The van der Waals surface area contributed by atoms with E-state index in [1.54, 1.807) is 6.07 Å². The second kappa shape index (κ2) is 11.3. The average Bonchev–Trinajstić information content (AvgIpc) is 3.12. The summed E-state index contributed by atoms with van der Waals surface area (Å²) in [6, 6.07) is 5.11. The minimum Gasteiger partial charge on any atom is -0.388 e. The third-order valence-corrected chi connectivity index (χ3v) is 4.54. The first-order chi connectivity index (χ1) is 11.2. The highest BCUT2D eigenvalue weighted by atomic mass is 19.1. The van der Waals surface area contributed by atoms with Crippen LogP contribution in [0.5, 0.6) is 0 Å². The summed E-state index contributed by atoms with van der Waals surface area (Å²) < 4.78 is 13.2. The fourth-order valence-electron chi connectivity index (χ4n) is 3.18. The van der Waals surface area contributed by atoms with E-state index in [0.29, 0.717) is 0 Å². The van der Waals surface area contributed by atoms with Crippen molar-refractivity contribution in [2.24, 2.45) is 5.92 Å². The molecule has 3 heteroatoms. The summed E-state index contributed by atoms with van der Waals surface area (Å²) in [5.41, 5.74) is 1.83. The Balaban J connectivity index is 0.000000247. The Morgan fingerprint density at radius 1 is 0.957 bits per heavy atom. The number of benzene rings is 1. The predicted octanol–water partition coefficient (Wildman–Crippen LogP) is 6.08. The van der Waals surface area contributed by atoms with E-state index in [4.69, 9.17) is 0 Å². The molecule has 3 rings (SSSR count). The minimum absolute atomic E-state index is 0.168. The van der Waals surface area contributed by atoms with Crippen molar-refractivity contribution in [1.29, 1.82) is 0 Å². The van der Waals surface area contributed by atoms with Gasteiger partial charge in [0.15, 0.2) is 0 Å². The van der Waals surface area contributed by atoms with Gasteiger partial charge in [0, 0.05) is 31.5 Å². The monoisotopic (exact) mass is 322 g/mol. The SMILES string of the molecule is CC.CC1CCCCC1.CNc1cc(F)cc(N2CCCC2)c1. The molecule has 1 aliphatic carbocycles. The van der Waals surface area contributed by atoms with Crippen molar-refractivity contribution >= 4 is 11.4 Å². The fourth-order valence-corrected chi connectivity index (χ4v) is 3.18. The van der Waals surface area contributed by atoms with Gasteiger partial charge in [0.05, 0.1) is 0 Å². The van der Waals surface area contributed by atoms with Gasteiger partial charge in [-0.1, -0.05) is 52.9 Å². The summed E-state index contributed by atoms with van der Waals surface area (Å²) in [6.07, 6.45) is 9.86. The van der Waals surface area contributed by atoms with Crippen LogP contribution in [-0.2, 0) is 0 Å². The van der Waals surface area contributed by atoms with Gasteiger partial charge in [-0.2, -0.15) is 0 Å². The van der Waals surface area contributed by atoms with Crippen LogP contribution in [0.2, 0.25) is 0 Å². The maximum atomic E-state index is 13.2. The summed E-state index contributed by atoms with van der Waals surface area (Å²) >= 11 is 0. The summed E-state index contributed by atoms with van der Waals surface area (Å²) in [7, 11) is 1.81. The van der Waals surface area contributed by atoms with Gasteiger partial charge < -0.3 is 10.2 Å². The highest BCUT2D eigenvalue weighted by molar-refractivity contribution is 5.58. The summed E-state index contributed by atoms with van der Waals surface area (Å²) in [4.78, 5) is 2.23. The normalized spacial score (nSPS) is 17.7. The van der Waals surface area contributed by atoms with E-state index >= 15 is 0 Å². The molecule has 23 heavy (non-hydrogen) atoms. The van der Waals surface area contributed by atoms with Crippen LogP contribution < -0.4 is 10.2 Å². The smallest absolute Gasteiger partial charge is 0.127 e. The van der Waals surface area contributed by atoms with Crippen LogP contribution in [0, 0.1) is 11.7 Å². The van der Waals surface area contributed by atoms with Crippen molar-refractivity contribution in [3.05, 3.63) is 24.0 Å². The molecule has 1 heterocycles. The lowest BCUT2D eigenvalue weighted by Crippen LogP contribution is -2.17. The van der Waals surface area contributed by atoms with Crippen LogP contribution in [0.15, 0.2) is 18.2 Å². The van der Waals surface area contributed by atoms with Crippen LogP contribution in [0.4, 0.5) is 15.8 Å². The zero-order chi connectivity index (χ0) is 17.1. The largest absolute Gasteiger partial charge is 0.388 e. The molecule has 0 amide bonds. The third-order valence-electron chi connectivity index (χ3n) is 4.54. The highest BCUT2D eigenvalue weighted by Crippen LogP contribution is 2.24. The lowest BCUT2D eigenvalue weighted by atomic mass is 9.91. The first-order valence-electron chi connectivity index (χ1n) is 9.42. The molecule has 0 aromatic heterocycles. The van der Waals surface area contributed by atoms with E-state index in [1.165, 1.54) is 51.0 Å². The summed E-state index contributed by atoms with van der Waals surface area (Å²) in [6.45, 7) is 8.46. The van der Waals surface area contributed by atoms with Crippen LogP contribution in [-0.4, -0.2) is 20.1 Å². The quantitative estimate of drug-likeness (QED) is 0.709. The van der Waals surface area contributed by atoms with Crippen molar-refractivity contribution in [1.82, 2.24) is 0 Å². The van der Waals surface area contributed by atoms with Gasteiger partial charge >= 0.3 is 0 Å². The maximum Gasteiger partial charge on any atom is 0.127 e. The molecule has 1 saturated heterocycles. The standard InChI is InChI=1S/C11H15FN2.C7H14.C2H6/c1-13-10-6-9(12)7-11(8-10)14-4-2-3-5-14;1-7-5-3-2-4-6-7;1-2/h6-8,13H,2-5H2,1H3;7H,2-6H2,1H3;1-2H3. The topological polar surface area (TPSA) is 15.3 Å². The molecule has 1 N–H and O–H groups in total. The zero-order valence-corrected chi connectivity index (χ0v) is 15.5. The second-order valence-corrected chi connectivity index (χ2v) is 6.39. The van der Waals surface area contributed by atoms with Crippen LogP contribution in [0.3, 0.4) is 0 Å². The summed E-state index contributed by atoms with van der Waals surface area (Å²) in [5.74, 6) is 0.868. The molecule has 132 valence electrons. The molecule has 1 saturated carbocycles. The van der Waals surface area contributed by atoms with Crippen molar-refractivity contribution in [3.63, 3.8) is 0 Å². The lowest BCUT2D eigenvalue weighted by Gasteiger charge is -2.18. The molecule has 1 aliphatic heterocycles. The number of hydrogen-bond acceptors (Lipinski definition) is 2. The first-order valence-corrected chi connectivity index (χ1v) is 9.42. The molecule has 1 aromatic carbocycles. The Kier molecular flexibility index (Phi) is 9.74. The third kappa shape index (κ3) is 7.24. The number of hydrogen-bond donors (Lipinski definition) is 1. The molecule has 2 aliphatic rings. The summed E-state index contributed by atoms with van der Waals surface area (Å²) in [5, 5.41) is 2.96. The fraction of sp³-hybridized carbons (Fsp3) is 0.700. The van der Waals surface area contributed by atoms with E-state index in [-0.39, 0.29) is 5.82 Å². The van der Waals surface area contributed by atoms with Crippen LogP contribution >= 0.6 is 0 Å². The van der Waals surface area contributed by atoms with Crippen molar-refractivity contribution in [2.45, 2.75) is 65.7 Å². The number of anilines is 2. The molecular weight excluding hydrogens is 287 g/mol. The number of rotatable bonds is 2. The number of nitrogens with zero attached hydrogens (tertiary/aromatic N) is 1. The zero-order valence-electron chi connectivity index (χ0n) is 15.5. The molecule has 0 bridgehead atoms. The van der Waals surface area contributed by atoms with Gasteiger partial charge in [-0.25, -0.2) is 4.39 Å². The van der Waals surface area contributed by atoms with Gasteiger partial charge in [-0.05, 0) is 37.0 Å². The average molecular weight is 323 g/mol. The van der Waals surface area contributed by atoms with Crippen molar-refractivity contribution in [3.8, 4) is 0 Å². The molecule has 2 nitrogen and oxygen atoms in total. The van der Waals surface area contributed by atoms with E-state index < -0.39 is 0 Å². The molecule has 0 atom stereocenters. The van der Waals surface area contributed by atoms with Crippen LogP contribution in [0.1, 0.15) is 65.7 Å². The van der Waals surface area contributed by atoms with Crippen molar-refractivity contribution < 1.29 is 4.39 Å². The van der Waals surface area contributed by atoms with Gasteiger partial charge in [-0.3, -0.25) is 0 Å². The number of nitrogens with one attached hydrogen (secondary N) is 1. The molecule has 0 spiro atoms. The molecular formula is C20H35FN2. The molecule has 1 aromatic rings. The molecule has 0 unspecified atom stereocenters. The minimum atomic E-state index is -0.168. The van der Waals surface area contributed by atoms with Crippen LogP contribution in [0.25, 0.3) is 0 Å². The Bertz CT molecular complexity index is 422. The van der Waals surface area contributed by atoms with E-state index in [2.05, 4.69) is 17.1 Å². The van der Waals surface area contributed by atoms with Gasteiger partial charge in [-0.15, -0.1) is 0 Å². The second-order valence-electron chi connectivity index (χ2n) is 6.39. The molecule has 2 fully saturated rings. The lowest BCUT2D eigenvalue weighted by molar-refractivity contribution is 0.385. The van der Waals surface area contributed by atoms with Gasteiger partial charge in [0.1, 0.15) is 5.82 Å². The Morgan fingerprint density at radius 2 is 1.57 bits per heavy atom. The van der Waals surface area contributed by atoms with Gasteiger partial charge in [0.2, 0.25) is 0 Å². The molecule has 0 radical (unpaired) electrons. The Hall–Kier alpha value is -1.25. The predicted molar refractivity (Wildman–Crippen MR) is 101 cm³/mol. The van der Waals surface area contributed by atoms with E-state index in [0.717, 1.165) is 30.4 Å². The highest BCUT2D eigenvalue weighted by Gasteiger charge is 2.13. The van der Waals surface area contributed by atoms with E-state index in [9.17, 15) is 4.39 Å². The van der Waals surface area contributed by atoms with E-state index in [1.807, 2.05) is 27.0 Å².